The van der Waals surface area contributed by atoms with Crippen LogP contribution in [0.15, 0.2) is 48.5 Å². The molecule has 5 nitrogen and oxygen atoms in total. The third-order valence-electron chi connectivity index (χ3n) is 4.11. The minimum absolute atomic E-state index is 0.112. The van der Waals surface area contributed by atoms with Crippen molar-refractivity contribution in [1.82, 2.24) is 10.9 Å². The number of ether oxygens (including phenoxy) is 1. The molecule has 0 spiro atoms. The Hall–Kier alpha value is -2.57. The molecule has 0 fully saturated rings. The quantitative estimate of drug-likeness (QED) is 0.606. The van der Waals surface area contributed by atoms with Gasteiger partial charge in [-0.3, -0.25) is 20.4 Å². The van der Waals surface area contributed by atoms with Crippen molar-refractivity contribution in [3.8, 4) is 5.75 Å². The van der Waals surface area contributed by atoms with Crippen LogP contribution in [0.4, 0.5) is 0 Å². The number of rotatable bonds is 4. The Labute approximate surface area is 172 Å². The zero-order valence-electron chi connectivity index (χ0n) is 15.8. The molecule has 0 atom stereocenters. The first-order valence-electron chi connectivity index (χ1n) is 8.76. The molecule has 1 heterocycles. The molecule has 3 rings (SSSR count). The van der Waals surface area contributed by atoms with E-state index in [1.807, 2.05) is 48.5 Å². The number of hydrogen-bond donors (Lipinski definition) is 2. The SMILES string of the molecule is CC(C)(C)c1ccccc1OCC(=O)NNC(=O)c1sc2ccccc2c1Cl. The molecule has 3 aromatic rings. The lowest BCUT2D eigenvalue weighted by Crippen LogP contribution is -2.43. The molecule has 0 bridgehead atoms. The Bertz CT molecular complexity index is 1020. The summed E-state index contributed by atoms with van der Waals surface area (Å²) in [4.78, 5) is 24.8. The number of carbonyl (C=O) groups excluding carboxylic acids is 2. The highest BCUT2D eigenvalue weighted by Gasteiger charge is 2.20. The van der Waals surface area contributed by atoms with E-state index < -0.39 is 11.8 Å². The van der Waals surface area contributed by atoms with Gasteiger partial charge in [-0.25, -0.2) is 0 Å². The zero-order valence-corrected chi connectivity index (χ0v) is 17.4. The van der Waals surface area contributed by atoms with Crippen molar-refractivity contribution < 1.29 is 14.3 Å². The predicted octanol–water partition coefficient (Wildman–Crippen LogP) is 4.69. The summed E-state index contributed by atoms with van der Waals surface area (Å²) in [7, 11) is 0. The molecular formula is C21H21ClN2O3S. The van der Waals surface area contributed by atoms with E-state index in [9.17, 15) is 9.59 Å². The largest absolute Gasteiger partial charge is 0.483 e. The summed E-state index contributed by atoms with van der Waals surface area (Å²) in [5, 5.41) is 1.19. The van der Waals surface area contributed by atoms with E-state index in [2.05, 4.69) is 31.6 Å². The molecule has 0 aliphatic heterocycles. The maximum Gasteiger partial charge on any atom is 0.281 e. The van der Waals surface area contributed by atoms with Crippen LogP contribution in [0.5, 0.6) is 5.75 Å². The summed E-state index contributed by atoms with van der Waals surface area (Å²) in [6.07, 6.45) is 0. The molecular weight excluding hydrogens is 396 g/mol. The van der Waals surface area contributed by atoms with Gasteiger partial charge in [0.05, 0.1) is 5.02 Å². The molecule has 0 unspecified atom stereocenters. The Morgan fingerprint density at radius 3 is 2.43 bits per heavy atom. The number of amides is 2. The molecule has 2 N–H and O–H groups in total. The van der Waals surface area contributed by atoms with Crippen LogP contribution in [0.1, 0.15) is 36.0 Å². The Kier molecular flexibility index (Phi) is 5.91. The molecule has 146 valence electrons. The van der Waals surface area contributed by atoms with E-state index >= 15 is 0 Å². The topological polar surface area (TPSA) is 67.4 Å². The third kappa shape index (κ3) is 4.46. The van der Waals surface area contributed by atoms with Gasteiger partial charge in [-0.15, -0.1) is 11.3 Å². The number of hydrazine groups is 1. The minimum Gasteiger partial charge on any atom is -0.483 e. The second kappa shape index (κ2) is 8.20. The van der Waals surface area contributed by atoms with Crippen LogP contribution in [0.3, 0.4) is 0 Å². The lowest BCUT2D eigenvalue weighted by molar-refractivity contribution is -0.123. The van der Waals surface area contributed by atoms with Crippen molar-refractivity contribution in [2.24, 2.45) is 0 Å². The van der Waals surface area contributed by atoms with Crippen LogP contribution in [0, 0.1) is 0 Å². The second-order valence-corrected chi connectivity index (χ2v) is 8.71. The van der Waals surface area contributed by atoms with Gasteiger partial charge in [0.15, 0.2) is 6.61 Å². The monoisotopic (exact) mass is 416 g/mol. The van der Waals surface area contributed by atoms with E-state index in [0.717, 1.165) is 15.6 Å². The molecule has 7 heteroatoms. The molecule has 0 saturated carbocycles. The lowest BCUT2D eigenvalue weighted by atomic mass is 9.86. The van der Waals surface area contributed by atoms with Gasteiger partial charge < -0.3 is 4.74 Å². The van der Waals surface area contributed by atoms with Crippen molar-refractivity contribution in [2.75, 3.05) is 6.61 Å². The summed E-state index contributed by atoms with van der Waals surface area (Å²) in [5.41, 5.74) is 5.65. The van der Waals surface area contributed by atoms with E-state index in [4.69, 9.17) is 16.3 Å². The van der Waals surface area contributed by atoms with Crippen molar-refractivity contribution in [3.05, 3.63) is 64.0 Å². The molecule has 2 aromatic carbocycles. The van der Waals surface area contributed by atoms with Gasteiger partial charge in [0.1, 0.15) is 10.6 Å². The van der Waals surface area contributed by atoms with Gasteiger partial charge in [0, 0.05) is 10.1 Å². The maximum absolute atomic E-state index is 12.4. The van der Waals surface area contributed by atoms with E-state index in [1.54, 1.807) is 0 Å². The van der Waals surface area contributed by atoms with Crippen LogP contribution < -0.4 is 15.6 Å². The van der Waals surface area contributed by atoms with Crippen LogP contribution in [-0.2, 0) is 10.2 Å². The van der Waals surface area contributed by atoms with Gasteiger partial charge >= 0.3 is 0 Å². The number of fused-ring (bicyclic) bond motifs is 1. The molecule has 1 aromatic heterocycles. The number of para-hydroxylation sites is 1. The number of benzene rings is 2. The average molecular weight is 417 g/mol. The molecule has 0 aliphatic rings. The highest BCUT2D eigenvalue weighted by molar-refractivity contribution is 7.21. The van der Waals surface area contributed by atoms with Crippen molar-refractivity contribution in [1.29, 1.82) is 0 Å². The predicted molar refractivity (Wildman–Crippen MR) is 113 cm³/mol. The standard InChI is InChI=1S/C21H21ClN2O3S/c1-21(2,3)14-9-5-6-10-15(14)27-12-17(25)23-24-20(26)19-18(22)13-8-4-7-11-16(13)28-19/h4-11H,12H2,1-3H3,(H,23,25)(H,24,26). The Balaban J connectivity index is 1.59. The number of halogens is 1. The Morgan fingerprint density at radius 2 is 1.71 bits per heavy atom. The fourth-order valence-electron chi connectivity index (χ4n) is 2.73. The maximum atomic E-state index is 12.4. The smallest absolute Gasteiger partial charge is 0.281 e. The van der Waals surface area contributed by atoms with E-state index in [-0.39, 0.29) is 12.0 Å². The fraction of sp³-hybridized carbons (Fsp3) is 0.238. The summed E-state index contributed by atoms with van der Waals surface area (Å²) in [5.74, 6) is -0.284. The van der Waals surface area contributed by atoms with Crippen molar-refractivity contribution in [3.63, 3.8) is 0 Å². The molecule has 0 saturated heterocycles. The second-order valence-electron chi connectivity index (χ2n) is 7.28. The van der Waals surface area contributed by atoms with E-state index in [0.29, 0.717) is 15.6 Å². The molecule has 0 radical (unpaired) electrons. The lowest BCUT2D eigenvalue weighted by Gasteiger charge is -2.22. The molecule has 0 aliphatic carbocycles. The van der Waals surface area contributed by atoms with Crippen LogP contribution in [0.25, 0.3) is 10.1 Å². The van der Waals surface area contributed by atoms with Crippen LogP contribution in [-0.4, -0.2) is 18.4 Å². The zero-order chi connectivity index (χ0) is 20.3. The summed E-state index contributed by atoms with van der Waals surface area (Å²) in [6, 6.07) is 15.1. The first kappa shape index (κ1) is 20.2. The summed E-state index contributed by atoms with van der Waals surface area (Å²) >= 11 is 7.55. The summed E-state index contributed by atoms with van der Waals surface area (Å²) in [6.45, 7) is 6.01. The highest BCUT2D eigenvalue weighted by atomic mass is 35.5. The van der Waals surface area contributed by atoms with Crippen molar-refractivity contribution >= 4 is 44.8 Å². The normalized spacial score (nSPS) is 11.3. The first-order valence-corrected chi connectivity index (χ1v) is 9.95. The first-order chi connectivity index (χ1) is 13.3. The summed E-state index contributed by atoms with van der Waals surface area (Å²) < 4.78 is 6.56. The number of hydrogen-bond acceptors (Lipinski definition) is 4. The number of thiophene rings is 1. The minimum atomic E-state index is -0.464. The highest BCUT2D eigenvalue weighted by Crippen LogP contribution is 2.35. The number of nitrogens with one attached hydrogen (secondary N) is 2. The van der Waals surface area contributed by atoms with Crippen molar-refractivity contribution in [2.45, 2.75) is 26.2 Å². The van der Waals surface area contributed by atoms with Gasteiger partial charge in [-0.1, -0.05) is 68.8 Å². The van der Waals surface area contributed by atoms with Gasteiger partial charge in [0.2, 0.25) is 0 Å². The van der Waals surface area contributed by atoms with Gasteiger partial charge in [0.25, 0.3) is 11.8 Å². The number of carbonyl (C=O) groups is 2. The third-order valence-corrected chi connectivity index (χ3v) is 5.78. The van der Waals surface area contributed by atoms with Gasteiger partial charge in [-0.05, 0) is 23.1 Å². The van der Waals surface area contributed by atoms with Crippen LogP contribution in [0.2, 0.25) is 5.02 Å². The fourth-order valence-corrected chi connectivity index (χ4v) is 4.15. The molecule has 28 heavy (non-hydrogen) atoms. The van der Waals surface area contributed by atoms with Crippen LogP contribution >= 0.6 is 22.9 Å². The van der Waals surface area contributed by atoms with Gasteiger partial charge in [-0.2, -0.15) is 0 Å². The van der Waals surface area contributed by atoms with E-state index in [1.165, 1.54) is 11.3 Å². The Morgan fingerprint density at radius 1 is 1.04 bits per heavy atom. The molecule has 2 amide bonds. The average Bonchev–Trinajstić information content (AvgIpc) is 3.01.